The van der Waals surface area contributed by atoms with Crippen molar-refractivity contribution in [1.82, 2.24) is 0 Å². The van der Waals surface area contributed by atoms with E-state index >= 15 is 0 Å². The van der Waals surface area contributed by atoms with E-state index < -0.39 is 40.5 Å². The molecule has 0 aromatic carbocycles. The number of hydrogen-bond donors (Lipinski definition) is 3. The molecule has 5 nitrogen and oxygen atoms in total. The quantitative estimate of drug-likeness (QED) is 0.441. The van der Waals surface area contributed by atoms with Gasteiger partial charge in [0.05, 0.1) is 12.2 Å². The lowest BCUT2D eigenvalue weighted by Gasteiger charge is -2.60. The predicted molar refractivity (Wildman–Crippen MR) is 70.6 cm³/mol. The molecule has 5 atom stereocenters. The van der Waals surface area contributed by atoms with Crippen LogP contribution in [0.5, 0.6) is 0 Å². The molecule has 1 heterocycles. The monoisotopic (exact) mass is 282 g/mol. The number of esters is 1. The Morgan fingerprint density at radius 2 is 1.95 bits per heavy atom. The van der Waals surface area contributed by atoms with Gasteiger partial charge >= 0.3 is 5.97 Å². The molecular formula is C15H22O5. The van der Waals surface area contributed by atoms with E-state index in [2.05, 4.69) is 0 Å². The molecule has 1 saturated heterocycles. The van der Waals surface area contributed by atoms with Crippen molar-refractivity contribution < 1.29 is 24.9 Å². The molecule has 0 unspecified atom stereocenters. The minimum Gasteiger partial charge on any atom is -0.459 e. The molecule has 0 radical (unpaired) electrons. The Kier molecular flexibility index (Phi) is 2.70. The van der Waals surface area contributed by atoms with Crippen molar-refractivity contribution in [2.24, 2.45) is 16.7 Å². The number of hydrogen-bond acceptors (Lipinski definition) is 5. The molecule has 3 N–H and O–H groups in total. The van der Waals surface area contributed by atoms with Crippen LogP contribution in [-0.4, -0.2) is 45.7 Å². The summed E-state index contributed by atoms with van der Waals surface area (Å²) in [7, 11) is 0. The zero-order chi connectivity index (χ0) is 14.9. The Morgan fingerprint density at radius 3 is 2.60 bits per heavy atom. The highest BCUT2D eigenvalue weighted by molar-refractivity contribution is 5.88. The first kappa shape index (κ1) is 14.0. The summed E-state index contributed by atoms with van der Waals surface area (Å²) in [5, 5.41) is 31.8. The van der Waals surface area contributed by atoms with Gasteiger partial charge in [-0.2, -0.15) is 0 Å². The summed E-state index contributed by atoms with van der Waals surface area (Å²) in [4.78, 5) is 12.1. The number of aliphatic hydroxyl groups is 3. The van der Waals surface area contributed by atoms with E-state index in [4.69, 9.17) is 4.74 Å². The van der Waals surface area contributed by atoms with Gasteiger partial charge in [-0.3, -0.25) is 0 Å². The maximum absolute atomic E-state index is 12.1. The van der Waals surface area contributed by atoms with Crippen LogP contribution in [0.25, 0.3) is 0 Å². The predicted octanol–water partition coefficient (Wildman–Crippen LogP) is 0.379. The van der Waals surface area contributed by atoms with Crippen LogP contribution < -0.4 is 0 Å². The third-order valence-corrected chi connectivity index (χ3v) is 5.94. The molecule has 5 heteroatoms. The second-order valence-corrected chi connectivity index (χ2v) is 7.24. The van der Waals surface area contributed by atoms with Crippen LogP contribution in [0.2, 0.25) is 0 Å². The second-order valence-electron chi connectivity index (χ2n) is 7.24. The van der Waals surface area contributed by atoms with E-state index in [1.54, 1.807) is 0 Å². The first-order chi connectivity index (χ1) is 9.15. The zero-order valence-electron chi connectivity index (χ0n) is 12.1. The third kappa shape index (κ3) is 1.36. The van der Waals surface area contributed by atoms with Crippen molar-refractivity contribution >= 4 is 5.97 Å². The first-order valence-electron chi connectivity index (χ1n) is 7.12. The van der Waals surface area contributed by atoms with Gasteiger partial charge in [-0.25, -0.2) is 4.79 Å². The third-order valence-electron chi connectivity index (χ3n) is 5.94. The molecule has 3 aliphatic rings. The summed E-state index contributed by atoms with van der Waals surface area (Å²) >= 11 is 0. The van der Waals surface area contributed by atoms with Crippen molar-refractivity contribution in [2.75, 3.05) is 6.61 Å². The average Bonchev–Trinajstić information content (AvgIpc) is 2.64. The molecule has 0 aromatic heterocycles. The highest BCUT2D eigenvalue weighted by atomic mass is 16.6. The number of carbonyl (C=O) groups is 1. The van der Waals surface area contributed by atoms with Gasteiger partial charge in [-0.15, -0.1) is 0 Å². The lowest BCUT2D eigenvalue weighted by atomic mass is 9.46. The summed E-state index contributed by atoms with van der Waals surface area (Å²) in [6.07, 6.45) is 1.15. The fraction of sp³-hybridized carbons (Fsp3) is 0.800. The minimum atomic E-state index is -1.67. The van der Waals surface area contributed by atoms with Gasteiger partial charge in [0.25, 0.3) is 0 Å². The minimum absolute atomic E-state index is 0.0394. The Hall–Kier alpha value is -0.910. The van der Waals surface area contributed by atoms with Gasteiger partial charge in [0, 0.05) is 16.9 Å². The van der Waals surface area contributed by atoms with Gasteiger partial charge < -0.3 is 20.1 Å². The van der Waals surface area contributed by atoms with E-state index in [0.717, 1.165) is 0 Å². The maximum atomic E-state index is 12.1. The van der Waals surface area contributed by atoms with Crippen LogP contribution in [0.4, 0.5) is 0 Å². The molecule has 0 amide bonds. The van der Waals surface area contributed by atoms with E-state index in [0.29, 0.717) is 18.4 Å². The Bertz CT molecular complexity index is 496. The number of ether oxygens (including phenoxy) is 1. The normalized spacial score (nSPS) is 50.0. The summed E-state index contributed by atoms with van der Waals surface area (Å²) < 4.78 is 5.03. The van der Waals surface area contributed by atoms with Crippen molar-refractivity contribution in [3.05, 3.63) is 11.6 Å². The summed E-state index contributed by atoms with van der Waals surface area (Å²) in [5.41, 5.74) is -2.63. The molecule has 2 fully saturated rings. The molecule has 0 bridgehead atoms. The largest absolute Gasteiger partial charge is 0.459 e. The summed E-state index contributed by atoms with van der Waals surface area (Å²) in [5.74, 6) is -1.03. The van der Waals surface area contributed by atoms with Crippen LogP contribution in [0.3, 0.4) is 0 Å². The van der Waals surface area contributed by atoms with Gasteiger partial charge in [0.15, 0.2) is 5.60 Å². The fourth-order valence-electron chi connectivity index (χ4n) is 4.77. The number of fused-ring (bicyclic) bond motifs is 3. The molecule has 0 aromatic rings. The Morgan fingerprint density at radius 1 is 1.30 bits per heavy atom. The standard InChI is InChI=1S/C15H22O5/c1-13(2)10(17)4-5-14(3)11(13)9(16)6-8-7-20-12(18)15(8,14)19/h6,9-11,16-17,19H,4-5,7H2,1-3H3/t9-,10+,11+,14+,15-/m0/s1. The molecule has 1 aliphatic heterocycles. The number of cyclic esters (lactones) is 1. The maximum Gasteiger partial charge on any atom is 0.343 e. The van der Waals surface area contributed by atoms with Crippen molar-refractivity contribution in [3.63, 3.8) is 0 Å². The number of aliphatic hydroxyl groups excluding tert-OH is 2. The molecule has 2 aliphatic carbocycles. The zero-order valence-corrected chi connectivity index (χ0v) is 12.1. The molecular weight excluding hydrogens is 260 g/mol. The number of carbonyl (C=O) groups excluding carboxylic acids is 1. The SMILES string of the molecule is CC1(C)[C@H](O)CC[C@]2(C)[C@@H]1[C@@H](O)C=C1COC(=O)[C@@]12O. The molecule has 112 valence electrons. The smallest absolute Gasteiger partial charge is 0.343 e. The highest BCUT2D eigenvalue weighted by Crippen LogP contribution is 2.62. The van der Waals surface area contributed by atoms with E-state index in [1.165, 1.54) is 6.08 Å². The van der Waals surface area contributed by atoms with Gasteiger partial charge in [-0.1, -0.05) is 20.8 Å². The topological polar surface area (TPSA) is 87.0 Å². The lowest BCUT2D eigenvalue weighted by Crippen LogP contribution is -2.66. The van der Waals surface area contributed by atoms with E-state index in [9.17, 15) is 20.1 Å². The van der Waals surface area contributed by atoms with E-state index in [1.807, 2.05) is 20.8 Å². The van der Waals surface area contributed by atoms with Crippen molar-refractivity contribution in [1.29, 1.82) is 0 Å². The molecule has 1 saturated carbocycles. The number of rotatable bonds is 0. The molecule has 0 spiro atoms. The van der Waals surface area contributed by atoms with E-state index in [-0.39, 0.29) is 6.61 Å². The Balaban J connectivity index is 2.20. The van der Waals surface area contributed by atoms with Crippen LogP contribution in [0.15, 0.2) is 11.6 Å². The highest BCUT2D eigenvalue weighted by Gasteiger charge is 2.69. The van der Waals surface area contributed by atoms with Crippen LogP contribution in [0.1, 0.15) is 33.6 Å². The lowest BCUT2D eigenvalue weighted by molar-refractivity contribution is -0.206. The van der Waals surface area contributed by atoms with Gasteiger partial charge in [0.2, 0.25) is 0 Å². The van der Waals surface area contributed by atoms with Crippen LogP contribution >= 0.6 is 0 Å². The summed E-state index contributed by atoms with van der Waals surface area (Å²) in [6, 6.07) is 0. The molecule has 3 rings (SSSR count). The first-order valence-corrected chi connectivity index (χ1v) is 7.12. The van der Waals surface area contributed by atoms with Gasteiger partial charge in [-0.05, 0) is 24.3 Å². The van der Waals surface area contributed by atoms with Crippen molar-refractivity contribution in [3.8, 4) is 0 Å². The average molecular weight is 282 g/mol. The van der Waals surface area contributed by atoms with Crippen LogP contribution in [-0.2, 0) is 9.53 Å². The van der Waals surface area contributed by atoms with Crippen molar-refractivity contribution in [2.45, 2.75) is 51.4 Å². The Labute approximate surface area is 118 Å². The molecule has 20 heavy (non-hydrogen) atoms. The van der Waals surface area contributed by atoms with Crippen LogP contribution in [0, 0.1) is 16.7 Å². The van der Waals surface area contributed by atoms with Gasteiger partial charge in [0.1, 0.15) is 6.61 Å². The summed E-state index contributed by atoms with van der Waals surface area (Å²) in [6.45, 7) is 5.63. The second kappa shape index (κ2) is 3.84. The fourth-order valence-corrected chi connectivity index (χ4v) is 4.77.